The molecule has 182 valence electrons. The van der Waals surface area contributed by atoms with E-state index in [2.05, 4.69) is 15.3 Å². The van der Waals surface area contributed by atoms with Crippen molar-refractivity contribution in [2.75, 3.05) is 7.11 Å². The molecular weight excluding hydrogens is 462 g/mol. The third-order valence-corrected chi connectivity index (χ3v) is 5.76. The monoisotopic (exact) mass is 485 g/mol. The quantitative estimate of drug-likeness (QED) is 0.265. The van der Waals surface area contributed by atoms with Gasteiger partial charge in [0.25, 0.3) is 5.89 Å². The minimum Gasteiger partial charge on any atom is -0.497 e. The first-order chi connectivity index (χ1) is 17.5. The number of carbonyl (C=O) groups excluding carboxylic acids is 1. The van der Waals surface area contributed by atoms with E-state index in [1.54, 1.807) is 25.3 Å². The second-order valence-corrected chi connectivity index (χ2v) is 8.10. The van der Waals surface area contributed by atoms with Crippen LogP contribution in [0.3, 0.4) is 0 Å². The van der Waals surface area contributed by atoms with E-state index in [0.29, 0.717) is 17.3 Å². The normalized spacial score (nSPS) is 11.0. The van der Waals surface area contributed by atoms with E-state index in [1.165, 1.54) is 0 Å². The van der Waals surface area contributed by atoms with Gasteiger partial charge in [-0.15, -0.1) is 0 Å². The van der Waals surface area contributed by atoms with Crippen molar-refractivity contribution in [3.63, 3.8) is 0 Å². The standard InChI is InChI=1S/C27H23N3O6/c1-16-23(17(2)35-29-16)14-33-24-13-20-7-5-4-6-19(20)12-22(24)27(31)34-15-25-28-26(30-36-25)18-8-10-21(32-3)11-9-18/h4-13H,14-15H2,1-3H3. The summed E-state index contributed by atoms with van der Waals surface area (Å²) >= 11 is 0. The summed E-state index contributed by atoms with van der Waals surface area (Å²) in [5.74, 6) is 1.77. The highest BCUT2D eigenvalue weighted by atomic mass is 16.6. The Balaban J connectivity index is 1.34. The number of benzene rings is 3. The topological polar surface area (TPSA) is 110 Å². The molecule has 0 fully saturated rings. The smallest absolute Gasteiger partial charge is 0.342 e. The van der Waals surface area contributed by atoms with E-state index < -0.39 is 5.97 Å². The molecule has 0 unspecified atom stereocenters. The van der Waals surface area contributed by atoms with Crippen LogP contribution in [0.25, 0.3) is 22.2 Å². The minimum atomic E-state index is -0.571. The van der Waals surface area contributed by atoms with E-state index in [9.17, 15) is 4.79 Å². The van der Waals surface area contributed by atoms with Gasteiger partial charge in [0, 0.05) is 5.56 Å². The van der Waals surface area contributed by atoms with Crippen molar-refractivity contribution in [3.05, 3.63) is 89.1 Å². The molecule has 0 atom stereocenters. The lowest BCUT2D eigenvalue weighted by atomic mass is 10.1. The van der Waals surface area contributed by atoms with Crippen molar-refractivity contribution in [3.8, 4) is 22.9 Å². The second-order valence-electron chi connectivity index (χ2n) is 8.10. The Morgan fingerprint density at radius 2 is 1.67 bits per heavy atom. The van der Waals surface area contributed by atoms with Gasteiger partial charge in [-0.2, -0.15) is 4.98 Å². The summed E-state index contributed by atoms with van der Waals surface area (Å²) in [4.78, 5) is 17.4. The molecule has 0 aliphatic carbocycles. The molecule has 0 amide bonds. The van der Waals surface area contributed by atoms with Crippen molar-refractivity contribution in [1.29, 1.82) is 0 Å². The van der Waals surface area contributed by atoms with Gasteiger partial charge in [-0.1, -0.05) is 34.6 Å². The minimum absolute atomic E-state index is 0.174. The van der Waals surface area contributed by atoms with Gasteiger partial charge in [0.2, 0.25) is 5.82 Å². The maximum Gasteiger partial charge on any atom is 0.342 e. The van der Waals surface area contributed by atoms with Crippen molar-refractivity contribution in [1.82, 2.24) is 15.3 Å². The van der Waals surface area contributed by atoms with E-state index in [4.69, 9.17) is 23.3 Å². The number of methoxy groups -OCH3 is 1. The fourth-order valence-electron chi connectivity index (χ4n) is 3.73. The maximum atomic E-state index is 13.1. The number of esters is 1. The molecule has 0 aliphatic heterocycles. The Bertz CT molecular complexity index is 1500. The average Bonchev–Trinajstić information content (AvgIpc) is 3.51. The highest BCUT2D eigenvalue weighted by Crippen LogP contribution is 2.29. The molecule has 3 aromatic carbocycles. The van der Waals surface area contributed by atoms with Gasteiger partial charge in [0.1, 0.15) is 29.4 Å². The number of rotatable bonds is 8. The summed E-state index contributed by atoms with van der Waals surface area (Å²) in [6.07, 6.45) is 0. The van der Waals surface area contributed by atoms with E-state index >= 15 is 0 Å². The summed E-state index contributed by atoms with van der Waals surface area (Å²) in [6.45, 7) is 3.68. The lowest BCUT2D eigenvalue weighted by molar-refractivity contribution is 0.0425. The number of carbonyl (C=O) groups is 1. The van der Waals surface area contributed by atoms with Crippen LogP contribution in [-0.2, 0) is 18.0 Å². The predicted octanol–water partition coefficient (Wildman–Crippen LogP) is 5.44. The number of fused-ring (bicyclic) bond motifs is 1. The summed E-state index contributed by atoms with van der Waals surface area (Å²) < 4.78 is 27.2. The zero-order chi connectivity index (χ0) is 25.1. The Morgan fingerprint density at radius 1 is 0.917 bits per heavy atom. The maximum absolute atomic E-state index is 13.1. The fourth-order valence-corrected chi connectivity index (χ4v) is 3.73. The molecule has 0 saturated heterocycles. The molecule has 9 heteroatoms. The van der Waals surface area contributed by atoms with Gasteiger partial charge >= 0.3 is 5.97 Å². The average molecular weight is 485 g/mol. The highest BCUT2D eigenvalue weighted by molar-refractivity contribution is 5.98. The lowest BCUT2D eigenvalue weighted by Gasteiger charge is -2.12. The summed E-state index contributed by atoms with van der Waals surface area (Å²) in [7, 11) is 1.60. The summed E-state index contributed by atoms with van der Waals surface area (Å²) in [5.41, 5.74) is 2.61. The Morgan fingerprint density at radius 3 is 2.36 bits per heavy atom. The zero-order valence-electron chi connectivity index (χ0n) is 20.0. The number of ether oxygens (including phenoxy) is 3. The van der Waals surface area contributed by atoms with Gasteiger partial charge < -0.3 is 23.3 Å². The molecule has 0 saturated carbocycles. The van der Waals surface area contributed by atoms with Crippen molar-refractivity contribution in [2.45, 2.75) is 27.1 Å². The molecule has 0 N–H and O–H groups in total. The van der Waals surface area contributed by atoms with Crippen LogP contribution in [0.1, 0.15) is 33.3 Å². The molecule has 2 aromatic heterocycles. The van der Waals surface area contributed by atoms with Gasteiger partial charge in [-0.25, -0.2) is 4.79 Å². The molecule has 0 aliphatic rings. The number of hydrogen-bond donors (Lipinski definition) is 0. The molecule has 9 nitrogen and oxygen atoms in total. The number of aromatic nitrogens is 3. The third-order valence-electron chi connectivity index (χ3n) is 5.76. The molecule has 36 heavy (non-hydrogen) atoms. The van der Waals surface area contributed by atoms with Crippen LogP contribution in [0, 0.1) is 13.8 Å². The van der Waals surface area contributed by atoms with Crippen LogP contribution < -0.4 is 9.47 Å². The van der Waals surface area contributed by atoms with Gasteiger partial charge in [0.15, 0.2) is 6.61 Å². The van der Waals surface area contributed by atoms with Crippen LogP contribution in [0.15, 0.2) is 69.7 Å². The van der Waals surface area contributed by atoms with Gasteiger partial charge in [-0.3, -0.25) is 0 Å². The molecular formula is C27H23N3O6. The fraction of sp³-hybridized carbons (Fsp3) is 0.185. The number of hydrogen-bond acceptors (Lipinski definition) is 9. The molecule has 0 spiro atoms. The SMILES string of the molecule is COc1ccc(-c2noc(COC(=O)c3cc4ccccc4cc3OCc3c(C)noc3C)n2)cc1. The third kappa shape index (κ3) is 4.76. The zero-order valence-corrected chi connectivity index (χ0v) is 20.0. The summed E-state index contributed by atoms with van der Waals surface area (Å²) in [6, 6.07) is 18.5. The van der Waals surface area contributed by atoms with Crippen LogP contribution in [0.4, 0.5) is 0 Å². The number of aryl methyl sites for hydroxylation is 2. The first-order valence-corrected chi connectivity index (χ1v) is 11.2. The molecule has 5 rings (SSSR count). The van der Waals surface area contributed by atoms with Crippen LogP contribution >= 0.6 is 0 Å². The second kappa shape index (κ2) is 9.91. The lowest BCUT2D eigenvalue weighted by Crippen LogP contribution is -2.09. The van der Waals surface area contributed by atoms with Crippen molar-refractivity contribution >= 4 is 16.7 Å². The Hall–Kier alpha value is -4.66. The summed E-state index contributed by atoms with van der Waals surface area (Å²) in [5, 5.41) is 9.74. The molecule has 2 heterocycles. The predicted molar refractivity (Wildman–Crippen MR) is 130 cm³/mol. The van der Waals surface area contributed by atoms with E-state index in [-0.39, 0.29) is 24.7 Å². The van der Waals surface area contributed by atoms with Crippen LogP contribution in [0.2, 0.25) is 0 Å². The Kier molecular flexibility index (Phi) is 6.36. The molecule has 0 bridgehead atoms. The van der Waals surface area contributed by atoms with E-state index in [1.807, 2.05) is 56.3 Å². The number of nitrogens with zero attached hydrogens (tertiary/aromatic N) is 3. The van der Waals surface area contributed by atoms with Crippen molar-refractivity contribution < 1.29 is 28.1 Å². The van der Waals surface area contributed by atoms with Crippen LogP contribution in [0.5, 0.6) is 11.5 Å². The van der Waals surface area contributed by atoms with Crippen LogP contribution in [-0.4, -0.2) is 28.4 Å². The molecule has 5 aromatic rings. The van der Waals surface area contributed by atoms with Gasteiger partial charge in [0.05, 0.1) is 18.4 Å². The molecule has 0 radical (unpaired) electrons. The van der Waals surface area contributed by atoms with Gasteiger partial charge in [-0.05, 0) is 61.0 Å². The largest absolute Gasteiger partial charge is 0.497 e. The van der Waals surface area contributed by atoms with Crippen molar-refractivity contribution in [2.24, 2.45) is 0 Å². The highest BCUT2D eigenvalue weighted by Gasteiger charge is 2.19. The first kappa shape index (κ1) is 23.1. The first-order valence-electron chi connectivity index (χ1n) is 11.2. The van der Waals surface area contributed by atoms with E-state index in [0.717, 1.165) is 33.3 Å². The Labute approximate surface area is 206 Å².